The van der Waals surface area contributed by atoms with E-state index >= 15 is 0 Å². The van der Waals surface area contributed by atoms with Crippen molar-refractivity contribution in [1.29, 1.82) is 0 Å². The number of halogens is 3. The molecule has 0 heterocycles. The predicted octanol–water partition coefficient (Wildman–Crippen LogP) is 0.651. The topological polar surface area (TPSA) is 118 Å². The zero-order valence-electron chi connectivity index (χ0n) is 10.7. The summed E-state index contributed by atoms with van der Waals surface area (Å²) in [5.74, 6) is -1.14. The van der Waals surface area contributed by atoms with Crippen molar-refractivity contribution in [2.45, 2.75) is 4.90 Å². The Bertz CT molecular complexity index is 755. The summed E-state index contributed by atoms with van der Waals surface area (Å²) in [4.78, 5) is -0.715. The second-order valence-electron chi connectivity index (χ2n) is 3.96. The van der Waals surface area contributed by atoms with Gasteiger partial charge in [0.15, 0.2) is 5.82 Å². The zero-order valence-corrected chi connectivity index (χ0v) is 14.6. The standard InChI is InChI=1S/C9H12BrClFN3O4S2/c1-20(16,17)14-2-3-15-21(18,19)6-4-5(11)7(10)9(13)8(6)12/h4,14-15H,2-3,13H2,1H3. The molecule has 0 saturated carbocycles. The van der Waals surface area contributed by atoms with E-state index in [1.54, 1.807) is 0 Å². The van der Waals surface area contributed by atoms with Crippen molar-refractivity contribution in [3.8, 4) is 0 Å². The predicted molar refractivity (Wildman–Crippen MR) is 81.6 cm³/mol. The monoisotopic (exact) mass is 423 g/mol. The zero-order chi connectivity index (χ0) is 16.4. The SMILES string of the molecule is CS(=O)(=O)NCCNS(=O)(=O)c1cc(Cl)c(Br)c(N)c1F. The van der Waals surface area contributed by atoms with Crippen LogP contribution in [-0.4, -0.2) is 36.2 Å². The first-order chi connectivity index (χ1) is 9.46. The fourth-order valence-corrected chi connectivity index (χ4v) is 3.48. The highest BCUT2D eigenvalue weighted by Gasteiger charge is 2.23. The van der Waals surface area contributed by atoms with Crippen molar-refractivity contribution in [3.05, 3.63) is 21.4 Å². The third-order valence-corrected chi connectivity index (χ3v) is 5.80. The molecule has 1 rings (SSSR count). The van der Waals surface area contributed by atoms with Gasteiger partial charge in [-0.2, -0.15) is 0 Å². The molecule has 0 aliphatic rings. The Hall–Kier alpha value is -0.460. The normalized spacial score (nSPS) is 12.6. The van der Waals surface area contributed by atoms with E-state index in [0.717, 1.165) is 12.3 Å². The average molecular weight is 425 g/mol. The number of rotatable bonds is 6. The molecule has 0 aromatic heterocycles. The van der Waals surface area contributed by atoms with E-state index in [2.05, 4.69) is 20.7 Å². The largest absolute Gasteiger partial charge is 0.395 e. The molecule has 0 aliphatic heterocycles. The van der Waals surface area contributed by atoms with Gasteiger partial charge in [0.25, 0.3) is 0 Å². The first-order valence-corrected chi connectivity index (χ1v) is 9.87. The Balaban J connectivity index is 2.94. The summed E-state index contributed by atoms with van der Waals surface area (Å²) < 4.78 is 63.6. The maximum absolute atomic E-state index is 13.9. The van der Waals surface area contributed by atoms with Gasteiger partial charge in [-0.05, 0) is 22.0 Å². The fraction of sp³-hybridized carbons (Fsp3) is 0.333. The molecule has 12 heteroatoms. The molecule has 4 N–H and O–H groups in total. The molecule has 1 aromatic rings. The molecule has 0 aliphatic carbocycles. The molecule has 0 radical (unpaired) electrons. The van der Waals surface area contributed by atoms with E-state index in [-0.39, 0.29) is 22.6 Å². The maximum Gasteiger partial charge on any atom is 0.243 e. The minimum atomic E-state index is -4.22. The van der Waals surface area contributed by atoms with Crippen LogP contribution in [0.1, 0.15) is 0 Å². The summed E-state index contributed by atoms with van der Waals surface area (Å²) in [6.45, 7) is -0.443. The van der Waals surface area contributed by atoms with Gasteiger partial charge < -0.3 is 5.73 Å². The van der Waals surface area contributed by atoms with Crippen LogP contribution in [0.5, 0.6) is 0 Å². The second-order valence-corrected chi connectivity index (χ2v) is 8.73. The fourth-order valence-electron chi connectivity index (χ4n) is 1.29. The molecule has 120 valence electrons. The van der Waals surface area contributed by atoms with Gasteiger partial charge in [-0.15, -0.1) is 0 Å². The first-order valence-electron chi connectivity index (χ1n) is 5.33. The maximum atomic E-state index is 13.9. The number of nitrogen functional groups attached to an aromatic ring is 1. The lowest BCUT2D eigenvalue weighted by Gasteiger charge is -2.11. The molecule has 0 saturated heterocycles. The minimum absolute atomic E-state index is 0.0550. The first kappa shape index (κ1) is 18.6. The third-order valence-electron chi connectivity index (χ3n) is 2.23. The minimum Gasteiger partial charge on any atom is -0.395 e. The summed E-state index contributed by atoms with van der Waals surface area (Å²) in [6.07, 6.45) is 0.927. The van der Waals surface area contributed by atoms with E-state index in [0.29, 0.717) is 0 Å². The molecule has 0 atom stereocenters. The molecule has 21 heavy (non-hydrogen) atoms. The van der Waals surface area contributed by atoms with Gasteiger partial charge in [0.2, 0.25) is 20.0 Å². The van der Waals surface area contributed by atoms with E-state index < -0.39 is 36.4 Å². The number of hydrogen-bond donors (Lipinski definition) is 3. The van der Waals surface area contributed by atoms with Gasteiger partial charge in [-0.25, -0.2) is 30.7 Å². The van der Waals surface area contributed by atoms with Crippen LogP contribution >= 0.6 is 27.5 Å². The van der Waals surface area contributed by atoms with Crippen molar-refractivity contribution in [1.82, 2.24) is 9.44 Å². The van der Waals surface area contributed by atoms with Crippen LogP contribution in [0.4, 0.5) is 10.1 Å². The van der Waals surface area contributed by atoms with Crippen molar-refractivity contribution in [3.63, 3.8) is 0 Å². The van der Waals surface area contributed by atoms with Gasteiger partial charge in [-0.3, -0.25) is 0 Å². The van der Waals surface area contributed by atoms with E-state index in [1.807, 2.05) is 4.72 Å². The Kier molecular flexibility index (Phi) is 5.98. The Labute approximate surface area is 135 Å². The summed E-state index contributed by atoms with van der Waals surface area (Å²) in [7, 11) is -7.66. The van der Waals surface area contributed by atoms with Crippen LogP contribution in [0.3, 0.4) is 0 Å². The molecule has 0 unspecified atom stereocenters. The van der Waals surface area contributed by atoms with Gasteiger partial charge >= 0.3 is 0 Å². The number of benzene rings is 1. The van der Waals surface area contributed by atoms with Crippen LogP contribution in [0.25, 0.3) is 0 Å². The molecule has 7 nitrogen and oxygen atoms in total. The van der Waals surface area contributed by atoms with Crippen LogP contribution in [0.15, 0.2) is 15.4 Å². The van der Waals surface area contributed by atoms with Gasteiger partial charge in [0.05, 0.1) is 21.4 Å². The number of nitrogens with two attached hydrogens (primary N) is 1. The van der Waals surface area contributed by atoms with Gasteiger partial charge in [0.1, 0.15) is 4.90 Å². The average Bonchev–Trinajstić information content (AvgIpc) is 2.35. The summed E-state index contributed by atoms with van der Waals surface area (Å²) in [5.41, 5.74) is 4.97. The lowest BCUT2D eigenvalue weighted by Crippen LogP contribution is -2.34. The number of sulfonamides is 2. The molecule has 0 bridgehead atoms. The van der Waals surface area contributed by atoms with Crippen molar-refractivity contribution < 1.29 is 21.2 Å². The molecule has 0 amide bonds. The van der Waals surface area contributed by atoms with Crippen LogP contribution < -0.4 is 15.2 Å². The van der Waals surface area contributed by atoms with Crippen molar-refractivity contribution >= 4 is 53.3 Å². The smallest absolute Gasteiger partial charge is 0.243 e. The van der Waals surface area contributed by atoms with E-state index in [4.69, 9.17) is 17.3 Å². The Morgan fingerprint density at radius 2 is 1.81 bits per heavy atom. The number of nitrogens with one attached hydrogen (secondary N) is 2. The second kappa shape index (κ2) is 6.75. The third kappa shape index (κ3) is 5.04. The highest BCUT2D eigenvalue weighted by atomic mass is 79.9. The number of hydrogen-bond acceptors (Lipinski definition) is 5. The van der Waals surface area contributed by atoms with Gasteiger partial charge in [-0.1, -0.05) is 11.6 Å². The quantitative estimate of drug-likeness (QED) is 0.352. The van der Waals surface area contributed by atoms with Crippen LogP contribution in [-0.2, 0) is 20.0 Å². The summed E-state index contributed by atoms with van der Waals surface area (Å²) in [5, 5.41) is -0.0662. The Morgan fingerprint density at radius 1 is 1.29 bits per heavy atom. The lowest BCUT2D eigenvalue weighted by molar-refractivity contribution is 0.556. The van der Waals surface area contributed by atoms with E-state index in [9.17, 15) is 21.2 Å². The molecule has 1 aromatic carbocycles. The highest BCUT2D eigenvalue weighted by molar-refractivity contribution is 9.10. The van der Waals surface area contributed by atoms with E-state index in [1.165, 1.54) is 0 Å². The Morgan fingerprint density at radius 3 is 2.33 bits per heavy atom. The molecular formula is C9H12BrClFN3O4S2. The van der Waals surface area contributed by atoms with Crippen molar-refractivity contribution in [2.24, 2.45) is 0 Å². The highest BCUT2D eigenvalue weighted by Crippen LogP contribution is 2.34. The molecule has 0 spiro atoms. The summed E-state index contributed by atoms with van der Waals surface area (Å²) in [6, 6.07) is 0.906. The van der Waals surface area contributed by atoms with Crippen LogP contribution in [0, 0.1) is 5.82 Å². The molecular weight excluding hydrogens is 413 g/mol. The summed E-state index contributed by atoms with van der Waals surface area (Å²) >= 11 is 8.67. The van der Waals surface area contributed by atoms with Crippen molar-refractivity contribution in [2.75, 3.05) is 25.1 Å². The van der Waals surface area contributed by atoms with Gasteiger partial charge in [0, 0.05) is 13.1 Å². The lowest BCUT2D eigenvalue weighted by atomic mass is 10.3. The molecule has 0 fully saturated rings. The number of anilines is 1. The van der Waals surface area contributed by atoms with Crippen LogP contribution in [0.2, 0.25) is 5.02 Å².